The molecule has 0 saturated carbocycles. The van der Waals surface area contributed by atoms with Crippen LogP contribution in [0.25, 0.3) is 11.4 Å². The first-order chi connectivity index (χ1) is 8.93. The molecule has 3 rings (SSSR count). The van der Waals surface area contributed by atoms with Crippen LogP contribution in [0.2, 0.25) is 0 Å². The summed E-state index contributed by atoms with van der Waals surface area (Å²) in [7, 11) is 0. The molecule has 18 heavy (non-hydrogen) atoms. The summed E-state index contributed by atoms with van der Waals surface area (Å²) >= 11 is 0. The fraction of sp³-hybridized carbons (Fsp3) is 0.0667. The van der Waals surface area contributed by atoms with Gasteiger partial charge in [-0.15, -0.1) is 0 Å². The first-order valence-corrected chi connectivity index (χ1v) is 5.89. The topological polar surface area (TPSA) is 30.7 Å². The third-order valence-corrected chi connectivity index (χ3v) is 2.83. The van der Waals surface area contributed by atoms with E-state index in [0.29, 0.717) is 0 Å². The Balaban J connectivity index is 1.93. The minimum atomic E-state index is 0.824. The van der Waals surface area contributed by atoms with Crippen molar-refractivity contribution in [1.29, 1.82) is 0 Å². The van der Waals surface area contributed by atoms with Crippen molar-refractivity contribution in [1.82, 2.24) is 14.5 Å². The largest absolute Gasteiger partial charge is 0.327 e. The van der Waals surface area contributed by atoms with Gasteiger partial charge in [-0.05, 0) is 17.7 Å². The van der Waals surface area contributed by atoms with Crippen LogP contribution in [0.15, 0.2) is 67.3 Å². The van der Waals surface area contributed by atoms with Gasteiger partial charge in [0.25, 0.3) is 0 Å². The Morgan fingerprint density at radius 2 is 1.83 bits per heavy atom. The molecule has 0 fully saturated rings. The summed E-state index contributed by atoms with van der Waals surface area (Å²) in [6, 6.07) is 14.3. The van der Waals surface area contributed by atoms with Crippen LogP contribution >= 0.6 is 0 Å². The molecule has 1 aromatic carbocycles. The van der Waals surface area contributed by atoms with E-state index in [2.05, 4.69) is 38.8 Å². The second kappa shape index (κ2) is 4.84. The summed E-state index contributed by atoms with van der Waals surface area (Å²) in [6.45, 7) is 0.824. The predicted octanol–water partition coefficient (Wildman–Crippen LogP) is 2.99. The summed E-state index contributed by atoms with van der Waals surface area (Å²) in [5.41, 5.74) is 2.30. The van der Waals surface area contributed by atoms with Crippen molar-refractivity contribution in [2.24, 2.45) is 0 Å². The van der Waals surface area contributed by atoms with Gasteiger partial charge in [0.1, 0.15) is 5.82 Å². The van der Waals surface area contributed by atoms with Gasteiger partial charge in [0.15, 0.2) is 0 Å². The lowest BCUT2D eigenvalue weighted by atomic mass is 10.2. The van der Waals surface area contributed by atoms with Gasteiger partial charge in [-0.3, -0.25) is 4.98 Å². The van der Waals surface area contributed by atoms with Crippen molar-refractivity contribution in [3.8, 4) is 11.4 Å². The maximum atomic E-state index is 4.41. The Morgan fingerprint density at radius 1 is 0.944 bits per heavy atom. The highest BCUT2D eigenvalue weighted by Gasteiger charge is 2.05. The third kappa shape index (κ3) is 2.15. The molecule has 0 spiro atoms. The number of pyridine rings is 1. The number of nitrogens with zero attached hydrogens (tertiary/aromatic N) is 3. The molecule has 2 aromatic heterocycles. The maximum Gasteiger partial charge on any atom is 0.141 e. The zero-order valence-electron chi connectivity index (χ0n) is 9.90. The predicted molar refractivity (Wildman–Crippen MR) is 71.0 cm³/mol. The molecule has 88 valence electrons. The van der Waals surface area contributed by atoms with Crippen LogP contribution < -0.4 is 0 Å². The molecule has 0 aliphatic carbocycles. The SMILES string of the molecule is c1ccc(Cn2ccnc2-c2cccnc2)cc1. The number of benzene rings is 1. The van der Waals surface area contributed by atoms with Crippen LogP contribution in [0.3, 0.4) is 0 Å². The molecule has 0 unspecified atom stereocenters. The van der Waals surface area contributed by atoms with E-state index in [1.54, 1.807) is 6.20 Å². The fourth-order valence-electron chi connectivity index (χ4n) is 1.97. The molecule has 0 N–H and O–H groups in total. The van der Waals surface area contributed by atoms with Gasteiger partial charge >= 0.3 is 0 Å². The smallest absolute Gasteiger partial charge is 0.141 e. The van der Waals surface area contributed by atoms with Crippen LogP contribution in [0.4, 0.5) is 0 Å². The molecule has 3 nitrogen and oxygen atoms in total. The highest BCUT2D eigenvalue weighted by molar-refractivity contribution is 5.53. The van der Waals surface area contributed by atoms with Crippen molar-refractivity contribution in [3.63, 3.8) is 0 Å². The molecular formula is C15H13N3. The second-order valence-electron chi connectivity index (χ2n) is 4.11. The lowest BCUT2D eigenvalue weighted by Gasteiger charge is -2.07. The Hall–Kier alpha value is -2.42. The van der Waals surface area contributed by atoms with Crippen LogP contribution in [0, 0.1) is 0 Å². The van der Waals surface area contributed by atoms with E-state index in [4.69, 9.17) is 0 Å². The average molecular weight is 235 g/mol. The molecule has 0 bridgehead atoms. The lowest BCUT2D eigenvalue weighted by molar-refractivity contribution is 0.806. The number of imidazole rings is 1. The summed E-state index contributed by atoms with van der Waals surface area (Å²) < 4.78 is 2.13. The summed E-state index contributed by atoms with van der Waals surface area (Å²) in [4.78, 5) is 8.54. The molecule has 2 heterocycles. The van der Waals surface area contributed by atoms with Crippen molar-refractivity contribution < 1.29 is 0 Å². The van der Waals surface area contributed by atoms with E-state index >= 15 is 0 Å². The van der Waals surface area contributed by atoms with E-state index in [1.165, 1.54) is 5.56 Å². The molecule has 0 amide bonds. The van der Waals surface area contributed by atoms with Crippen molar-refractivity contribution in [3.05, 3.63) is 72.8 Å². The van der Waals surface area contributed by atoms with Gasteiger partial charge in [-0.2, -0.15) is 0 Å². The van der Waals surface area contributed by atoms with Gasteiger partial charge in [0.05, 0.1) is 0 Å². The Labute approximate surface area is 106 Å². The van der Waals surface area contributed by atoms with E-state index in [9.17, 15) is 0 Å². The van der Waals surface area contributed by atoms with Crippen molar-refractivity contribution >= 4 is 0 Å². The molecular weight excluding hydrogens is 222 g/mol. The fourth-order valence-corrected chi connectivity index (χ4v) is 1.97. The van der Waals surface area contributed by atoms with E-state index < -0.39 is 0 Å². The molecule has 0 aliphatic rings. The molecule has 3 heteroatoms. The Kier molecular flexibility index (Phi) is 2.88. The first-order valence-electron chi connectivity index (χ1n) is 5.89. The number of hydrogen-bond donors (Lipinski definition) is 0. The van der Waals surface area contributed by atoms with Gasteiger partial charge in [0, 0.05) is 36.9 Å². The second-order valence-corrected chi connectivity index (χ2v) is 4.11. The molecule has 3 aromatic rings. The number of hydrogen-bond acceptors (Lipinski definition) is 2. The minimum absolute atomic E-state index is 0.824. The Bertz CT molecular complexity index is 615. The zero-order chi connectivity index (χ0) is 12.2. The first kappa shape index (κ1) is 10.7. The van der Waals surface area contributed by atoms with Crippen LogP contribution in [-0.4, -0.2) is 14.5 Å². The monoisotopic (exact) mass is 235 g/mol. The van der Waals surface area contributed by atoms with Crippen LogP contribution in [0.5, 0.6) is 0 Å². The highest BCUT2D eigenvalue weighted by Crippen LogP contribution is 2.17. The minimum Gasteiger partial charge on any atom is -0.327 e. The lowest BCUT2D eigenvalue weighted by Crippen LogP contribution is -2.00. The van der Waals surface area contributed by atoms with Gasteiger partial charge in [0.2, 0.25) is 0 Å². The molecule has 0 saturated heterocycles. The molecule has 0 atom stereocenters. The van der Waals surface area contributed by atoms with Crippen molar-refractivity contribution in [2.45, 2.75) is 6.54 Å². The normalized spacial score (nSPS) is 10.4. The van der Waals surface area contributed by atoms with E-state index in [0.717, 1.165) is 17.9 Å². The van der Waals surface area contributed by atoms with Gasteiger partial charge < -0.3 is 4.57 Å². The standard InChI is InChI=1S/C15H13N3/c1-2-5-13(6-3-1)12-18-10-9-17-15(18)14-7-4-8-16-11-14/h1-11H,12H2. The van der Waals surface area contributed by atoms with E-state index in [1.807, 2.05) is 36.8 Å². The summed E-state index contributed by atoms with van der Waals surface area (Å²) in [6.07, 6.45) is 7.43. The molecule has 0 radical (unpaired) electrons. The maximum absolute atomic E-state index is 4.41. The highest BCUT2D eigenvalue weighted by atomic mass is 15.1. The zero-order valence-corrected chi connectivity index (χ0v) is 9.90. The van der Waals surface area contributed by atoms with Crippen molar-refractivity contribution in [2.75, 3.05) is 0 Å². The van der Waals surface area contributed by atoms with Gasteiger partial charge in [-0.1, -0.05) is 30.3 Å². The number of aromatic nitrogens is 3. The quantitative estimate of drug-likeness (QED) is 0.698. The number of rotatable bonds is 3. The summed E-state index contributed by atoms with van der Waals surface area (Å²) in [5, 5.41) is 0. The van der Waals surface area contributed by atoms with Crippen LogP contribution in [0.1, 0.15) is 5.56 Å². The van der Waals surface area contributed by atoms with E-state index in [-0.39, 0.29) is 0 Å². The average Bonchev–Trinajstić information content (AvgIpc) is 2.89. The Morgan fingerprint density at radius 3 is 2.61 bits per heavy atom. The van der Waals surface area contributed by atoms with Gasteiger partial charge in [-0.25, -0.2) is 4.98 Å². The van der Waals surface area contributed by atoms with Crippen LogP contribution in [-0.2, 0) is 6.54 Å². The summed E-state index contributed by atoms with van der Waals surface area (Å²) in [5.74, 6) is 0.951. The molecule has 0 aliphatic heterocycles. The third-order valence-electron chi connectivity index (χ3n) is 2.83.